The minimum atomic E-state index is -0.311. The van der Waals surface area contributed by atoms with E-state index in [1.807, 2.05) is 4.90 Å². The zero-order chi connectivity index (χ0) is 15.1. The number of nitrogens with one attached hydrogen (secondary N) is 2. The minimum absolute atomic E-state index is 0.222. The normalized spacial score (nSPS) is 14.5. The number of nitrogens with zero attached hydrogens (tertiary/aromatic N) is 1. The summed E-state index contributed by atoms with van der Waals surface area (Å²) in [5.74, 6) is -0.533. The highest BCUT2D eigenvalue weighted by Gasteiger charge is 2.17. The molecule has 0 radical (unpaired) electrons. The van der Waals surface area contributed by atoms with E-state index in [1.165, 1.54) is 6.07 Å². The molecule has 0 unspecified atom stereocenters. The largest absolute Gasteiger partial charge is 0.369 e. The van der Waals surface area contributed by atoms with Gasteiger partial charge in [-0.2, -0.15) is 0 Å². The van der Waals surface area contributed by atoms with Gasteiger partial charge in [-0.15, -0.1) is 0 Å². The van der Waals surface area contributed by atoms with Gasteiger partial charge in [-0.05, 0) is 44.0 Å². The van der Waals surface area contributed by atoms with Gasteiger partial charge in [0.25, 0.3) is 5.91 Å². The number of amides is 1. The Labute approximate surface area is 125 Å². The second kappa shape index (κ2) is 7.98. The van der Waals surface area contributed by atoms with Gasteiger partial charge in [0.2, 0.25) is 0 Å². The Morgan fingerprint density at radius 1 is 1.24 bits per heavy atom. The van der Waals surface area contributed by atoms with Gasteiger partial charge < -0.3 is 15.5 Å². The zero-order valence-corrected chi connectivity index (χ0v) is 12.6. The lowest BCUT2D eigenvalue weighted by atomic mass is 10.1. The molecule has 0 bridgehead atoms. The first-order valence-electron chi connectivity index (χ1n) is 7.75. The fourth-order valence-electron chi connectivity index (χ4n) is 2.53. The maximum atomic E-state index is 14.1. The maximum absolute atomic E-state index is 14.1. The van der Waals surface area contributed by atoms with Crippen LogP contribution in [-0.2, 0) is 0 Å². The molecule has 1 heterocycles. The molecule has 0 aromatic heterocycles. The topological polar surface area (TPSA) is 44.4 Å². The molecule has 0 aliphatic carbocycles. The first-order valence-corrected chi connectivity index (χ1v) is 7.75. The molecule has 2 N–H and O–H groups in total. The van der Waals surface area contributed by atoms with E-state index in [2.05, 4.69) is 17.6 Å². The molecule has 1 aromatic rings. The summed E-state index contributed by atoms with van der Waals surface area (Å²) in [5, 5.41) is 6.00. The van der Waals surface area contributed by atoms with Gasteiger partial charge in [0.1, 0.15) is 5.82 Å². The molecular formula is C16H24FN3O. The summed E-state index contributed by atoms with van der Waals surface area (Å²) in [6, 6.07) is 4.75. The first-order chi connectivity index (χ1) is 10.2. The number of halogens is 1. The van der Waals surface area contributed by atoms with Crippen LogP contribution in [0.4, 0.5) is 10.1 Å². The third-order valence-corrected chi connectivity index (χ3v) is 3.67. The van der Waals surface area contributed by atoms with Crippen molar-refractivity contribution in [3.63, 3.8) is 0 Å². The molecule has 1 saturated heterocycles. The van der Waals surface area contributed by atoms with Crippen molar-refractivity contribution < 1.29 is 9.18 Å². The molecule has 1 aliphatic rings. The Bertz CT molecular complexity index is 473. The summed E-state index contributed by atoms with van der Waals surface area (Å²) in [7, 11) is 0. The van der Waals surface area contributed by atoms with Crippen molar-refractivity contribution in [2.75, 3.05) is 37.6 Å². The monoisotopic (exact) mass is 293 g/mol. The van der Waals surface area contributed by atoms with E-state index in [0.29, 0.717) is 17.8 Å². The van der Waals surface area contributed by atoms with Gasteiger partial charge in [0.05, 0.1) is 5.69 Å². The lowest BCUT2D eigenvalue weighted by Gasteiger charge is -2.18. The minimum Gasteiger partial charge on any atom is -0.369 e. The molecule has 1 aliphatic heterocycles. The molecule has 1 amide bonds. The molecule has 5 heteroatoms. The molecule has 4 nitrogen and oxygen atoms in total. The SMILES string of the molecule is CCCNCCNC(=O)c1ccc(N2CCCC2)c(F)c1. The van der Waals surface area contributed by atoms with Crippen molar-refractivity contribution in [2.24, 2.45) is 0 Å². The van der Waals surface area contributed by atoms with Crippen LogP contribution in [0, 0.1) is 5.82 Å². The van der Waals surface area contributed by atoms with Gasteiger partial charge in [-0.25, -0.2) is 4.39 Å². The number of hydrogen-bond acceptors (Lipinski definition) is 3. The van der Waals surface area contributed by atoms with Crippen molar-refractivity contribution in [3.05, 3.63) is 29.6 Å². The van der Waals surface area contributed by atoms with Crippen LogP contribution < -0.4 is 15.5 Å². The number of carbonyl (C=O) groups is 1. The lowest BCUT2D eigenvalue weighted by molar-refractivity contribution is 0.0953. The molecule has 2 rings (SSSR count). The summed E-state index contributed by atoms with van der Waals surface area (Å²) >= 11 is 0. The summed E-state index contributed by atoms with van der Waals surface area (Å²) in [6.45, 7) is 6.10. The molecule has 0 spiro atoms. The number of rotatable bonds is 7. The zero-order valence-electron chi connectivity index (χ0n) is 12.6. The maximum Gasteiger partial charge on any atom is 0.251 e. The smallest absolute Gasteiger partial charge is 0.251 e. The van der Waals surface area contributed by atoms with Gasteiger partial charge in [-0.3, -0.25) is 4.79 Å². The second-order valence-electron chi connectivity index (χ2n) is 5.37. The van der Waals surface area contributed by atoms with Crippen molar-refractivity contribution in [3.8, 4) is 0 Å². The Hall–Kier alpha value is -1.62. The van der Waals surface area contributed by atoms with Gasteiger partial charge in [0.15, 0.2) is 0 Å². The average molecular weight is 293 g/mol. The van der Waals surface area contributed by atoms with Gasteiger partial charge in [-0.1, -0.05) is 6.92 Å². The van der Waals surface area contributed by atoms with E-state index in [0.717, 1.165) is 45.4 Å². The van der Waals surface area contributed by atoms with Crippen LogP contribution in [0.5, 0.6) is 0 Å². The number of anilines is 1. The quantitative estimate of drug-likeness (QED) is 0.757. The predicted octanol–water partition coefficient (Wildman–Crippen LogP) is 2.16. The first kappa shape index (κ1) is 15.8. The Balaban J connectivity index is 1.88. The molecule has 21 heavy (non-hydrogen) atoms. The molecule has 0 atom stereocenters. The summed E-state index contributed by atoms with van der Waals surface area (Å²) < 4.78 is 14.1. The van der Waals surface area contributed by atoms with E-state index in [9.17, 15) is 9.18 Å². The molecule has 0 saturated carbocycles. The molecule has 1 aromatic carbocycles. The van der Waals surface area contributed by atoms with Crippen molar-refractivity contribution in [2.45, 2.75) is 26.2 Å². The fraction of sp³-hybridized carbons (Fsp3) is 0.562. The highest BCUT2D eigenvalue weighted by molar-refractivity contribution is 5.94. The van der Waals surface area contributed by atoms with Crippen molar-refractivity contribution in [1.82, 2.24) is 10.6 Å². The van der Waals surface area contributed by atoms with Crippen LogP contribution in [0.25, 0.3) is 0 Å². The van der Waals surface area contributed by atoms with Crippen LogP contribution in [0.15, 0.2) is 18.2 Å². The number of hydrogen-bond donors (Lipinski definition) is 2. The van der Waals surface area contributed by atoms with Crippen molar-refractivity contribution in [1.29, 1.82) is 0 Å². The van der Waals surface area contributed by atoms with E-state index in [-0.39, 0.29) is 11.7 Å². The standard InChI is InChI=1S/C16H24FN3O/c1-2-7-18-8-9-19-16(21)13-5-6-15(14(17)12-13)20-10-3-4-11-20/h5-6,12,18H,2-4,7-11H2,1H3,(H,19,21). The third-order valence-electron chi connectivity index (χ3n) is 3.67. The van der Waals surface area contributed by atoms with Crippen molar-refractivity contribution >= 4 is 11.6 Å². The number of benzene rings is 1. The Morgan fingerprint density at radius 2 is 2.00 bits per heavy atom. The van der Waals surface area contributed by atoms with Crippen LogP contribution in [0.1, 0.15) is 36.5 Å². The van der Waals surface area contributed by atoms with Crippen LogP contribution in [0.2, 0.25) is 0 Å². The Morgan fingerprint density at radius 3 is 2.67 bits per heavy atom. The van der Waals surface area contributed by atoms with E-state index >= 15 is 0 Å². The van der Waals surface area contributed by atoms with Crippen LogP contribution in [0.3, 0.4) is 0 Å². The lowest BCUT2D eigenvalue weighted by Crippen LogP contribution is -2.32. The van der Waals surface area contributed by atoms with E-state index in [1.54, 1.807) is 12.1 Å². The van der Waals surface area contributed by atoms with Gasteiger partial charge >= 0.3 is 0 Å². The molecule has 1 fully saturated rings. The van der Waals surface area contributed by atoms with Crippen LogP contribution >= 0.6 is 0 Å². The second-order valence-corrected chi connectivity index (χ2v) is 5.37. The van der Waals surface area contributed by atoms with E-state index < -0.39 is 0 Å². The number of carbonyl (C=O) groups excluding carboxylic acids is 1. The Kier molecular flexibility index (Phi) is 5.99. The third kappa shape index (κ3) is 4.43. The summed E-state index contributed by atoms with van der Waals surface area (Å²) in [5.41, 5.74) is 0.986. The van der Waals surface area contributed by atoms with E-state index in [4.69, 9.17) is 0 Å². The average Bonchev–Trinajstić information content (AvgIpc) is 3.00. The highest BCUT2D eigenvalue weighted by Crippen LogP contribution is 2.24. The van der Waals surface area contributed by atoms with Crippen LogP contribution in [-0.4, -0.2) is 38.6 Å². The highest BCUT2D eigenvalue weighted by atomic mass is 19.1. The molecule has 116 valence electrons. The van der Waals surface area contributed by atoms with Gasteiger partial charge in [0, 0.05) is 31.7 Å². The molecular weight excluding hydrogens is 269 g/mol. The fourth-order valence-corrected chi connectivity index (χ4v) is 2.53. The summed E-state index contributed by atoms with van der Waals surface area (Å²) in [6.07, 6.45) is 3.27. The predicted molar refractivity (Wildman–Crippen MR) is 83.3 cm³/mol. The summed E-state index contributed by atoms with van der Waals surface area (Å²) in [4.78, 5) is 14.0.